The molecular formula is C18H30N2O. The molecule has 1 aliphatic rings. The first-order valence-electron chi connectivity index (χ1n) is 8.48. The smallest absolute Gasteiger partial charge is 0.119 e. The summed E-state index contributed by atoms with van der Waals surface area (Å²) < 4.78 is 5.68. The second-order valence-corrected chi connectivity index (χ2v) is 6.06. The molecule has 118 valence electrons. The summed E-state index contributed by atoms with van der Waals surface area (Å²) >= 11 is 0. The fourth-order valence-electron chi connectivity index (χ4n) is 3.24. The van der Waals surface area contributed by atoms with E-state index in [0.717, 1.165) is 31.7 Å². The van der Waals surface area contributed by atoms with Crippen LogP contribution in [0, 0.1) is 0 Å². The third-order valence-electron chi connectivity index (χ3n) is 4.24. The average molecular weight is 290 g/mol. The number of hydrogen-bond acceptors (Lipinski definition) is 3. The van der Waals surface area contributed by atoms with Crippen molar-refractivity contribution in [2.45, 2.75) is 58.0 Å². The zero-order valence-corrected chi connectivity index (χ0v) is 13.6. The molecule has 1 heterocycles. The summed E-state index contributed by atoms with van der Waals surface area (Å²) in [5, 5.41) is 0. The zero-order chi connectivity index (χ0) is 15.1. The van der Waals surface area contributed by atoms with Gasteiger partial charge in [-0.15, -0.1) is 0 Å². The van der Waals surface area contributed by atoms with E-state index in [1.165, 1.54) is 31.4 Å². The van der Waals surface area contributed by atoms with Gasteiger partial charge in [-0.1, -0.05) is 32.4 Å². The topological polar surface area (TPSA) is 38.5 Å². The third-order valence-corrected chi connectivity index (χ3v) is 4.24. The molecule has 2 N–H and O–H groups in total. The molecule has 0 aliphatic carbocycles. The van der Waals surface area contributed by atoms with Crippen LogP contribution in [0.1, 0.15) is 57.6 Å². The lowest BCUT2D eigenvalue weighted by atomic mass is 9.96. The Morgan fingerprint density at radius 3 is 2.57 bits per heavy atom. The number of benzene rings is 1. The van der Waals surface area contributed by atoms with Crippen LogP contribution in [0.25, 0.3) is 0 Å². The zero-order valence-electron chi connectivity index (χ0n) is 13.6. The number of hydrogen-bond donors (Lipinski definition) is 1. The predicted molar refractivity (Wildman–Crippen MR) is 88.7 cm³/mol. The predicted octanol–water partition coefficient (Wildman–Crippen LogP) is 3.74. The number of ether oxygens (including phenoxy) is 1. The van der Waals surface area contributed by atoms with E-state index in [4.69, 9.17) is 10.5 Å². The van der Waals surface area contributed by atoms with E-state index >= 15 is 0 Å². The van der Waals surface area contributed by atoms with Gasteiger partial charge in [-0.05, 0) is 56.5 Å². The maximum Gasteiger partial charge on any atom is 0.119 e. The van der Waals surface area contributed by atoms with Crippen LogP contribution in [-0.4, -0.2) is 30.6 Å². The number of rotatable bonds is 6. The molecule has 2 unspecified atom stereocenters. The molecule has 0 spiro atoms. The molecule has 2 rings (SSSR count). The van der Waals surface area contributed by atoms with Gasteiger partial charge in [0.2, 0.25) is 0 Å². The Labute approximate surface area is 129 Å². The van der Waals surface area contributed by atoms with Gasteiger partial charge in [0.05, 0.1) is 6.61 Å². The Morgan fingerprint density at radius 2 is 1.90 bits per heavy atom. The highest BCUT2D eigenvalue weighted by atomic mass is 16.5. The van der Waals surface area contributed by atoms with Crippen LogP contribution >= 0.6 is 0 Å². The Kier molecular flexibility index (Phi) is 6.52. The molecule has 0 aromatic heterocycles. The van der Waals surface area contributed by atoms with Gasteiger partial charge in [-0.3, -0.25) is 4.90 Å². The first-order valence-corrected chi connectivity index (χ1v) is 8.48. The van der Waals surface area contributed by atoms with Crippen molar-refractivity contribution < 1.29 is 4.74 Å². The van der Waals surface area contributed by atoms with E-state index in [1.54, 1.807) is 0 Å². The van der Waals surface area contributed by atoms with Crippen molar-refractivity contribution in [1.29, 1.82) is 0 Å². The lowest BCUT2D eigenvalue weighted by molar-refractivity contribution is 0.185. The van der Waals surface area contributed by atoms with Crippen molar-refractivity contribution in [2.24, 2.45) is 5.73 Å². The molecule has 1 fully saturated rings. The van der Waals surface area contributed by atoms with Gasteiger partial charge in [0.15, 0.2) is 0 Å². The van der Waals surface area contributed by atoms with Gasteiger partial charge >= 0.3 is 0 Å². The van der Waals surface area contributed by atoms with Crippen molar-refractivity contribution in [3.05, 3.63) is 29.8 Å². The Balaban J connectivity index is 2.14. The van der Waals surface area contributed by atoms with Gasteiger partial charge in [-0.2, -0.15) is 0 Å². The van der Waals surface area contributed by atoms with E-state index < -0.39 is 0 Å². The van der Waals surface area contributed by atoms with Gasteiger partial charge in [0.1, 0.15) is 5.75 Å². The van der Waals surface area contributed by atoms with Gasteiger partial charge in [-0.25, -0.2) is 0 Å². The largest absolute Gasteiger partial charge is 0.494 e. The number of nitrogens with two attached hydrogens (primary N) is 1. The summed E-state index contributed by atoms with van der Waals surface area (Å²) in [4.78, 5) is 2.57. The van der Waals surface area contributed by atoms with Crippen LogP contribution in [0.2, 0.25) is 0 Å². The third kappa shape index (κ3) is 4.45. The van der Waals surface area contributed by atoms with Crippen molar-refractivity contribution in [1.82, 2.24) is 4.90 Å². The second-order valence-electron chi connectivity index (χ2n) is 6.06. The summed E-state index contributed by atoms with van der Waals surface area (Å²) in [5.41, 5.74) is 7.81. The quantitative estimate of drug-likeness (QED) is 0.867. The lowest BCUT2D eigenvalue weighted by Crippen LogP contribution is -2.40. The lowest BCUT2D eigenvalue weighted by Gasteiger charge is -2.33. The maximum atomic E-state index is 6.48. The first kappa shape index (κ1) is 16.3. The first-order chi connectivity index (χ1) is 10.3. The van der Waals surface area contributed by atoms with Crippen molar-refractivity contribution >= 4 is 0 Å². The van der Waals surface area contributed by atoms with E-state index in [-0.39, 0.29) is 6.04 Å². The molecule has 0 radical (unpaired) electrons. The molecule has 0 saturated carbocycles. The van der Waals surface area contributed by atoms with Crippen LogP contribution in [-0.2, 0) is 0 Å². The standard InChI is InChI=1S/C18H30N2O/c1-3-12-20-13-6-5-7-17(19)18(20)15-8-10-16(11-9-15)21-14-4-2/h8-11,17-18H,3-7,12-14,19H2,1-2H3. The SMILES string of the molecule is CCCOc1ccc(C2C(N)CCCCN2CCC)cc1. The average Bonchev–Trinajstić information content (AvgIpc) is 2.68. The highest BCUT2D eigenvalue weighted by molar-refractivity contribution is 5.30. The van der Waals surface area contributed by atoms with E-state index in [2.05, 4.69) is 43.0 Å². The van der Waals surface area contributed by atoms with Crippen LogP contribution in [0.3, 0.4) is 0 Å². The van der Waals surface area contributed by atoms with Crippen LogP contribution < -0.4 is 10.5 Å². The van der Waals surface area contributed by atoms with Crippen molar-refractivity contribution in [2.75, 3.05) is 19.7 Å². The minimum atomic E-state index is 0.237. The minimum Gasteiger partial charge on any atom is -0.494 e. The molecule has 21 heavy (non-hydrogen) atoms. The van der Waals surface area contributed by atoms with Gasteiger partial charge in [0, 0.05) is 12.1 Å². The molecule has 1 aliphatic heterocycles. The molecule has 1 saturated heterocycles. The molecule has 3 nitrogen and oxygen atoms in total. The highest BCUT2D eigenvalue weighted by Crippen LogP contribution is 2.30. The van der Waals surface area contributed by atoms with E-state index in [9.17, 15) is 0 Å². The second kappa shape index (κ2) is 8.40. The van der Waals surface area contributed by atoms with Gasteiger partial charge in [0.25, 0.3) is 0 Å². The summed E-state index contributed by atoms with van der Waals surface area (Å²) in [7, 11) is 0. The summed E-state index contributed by atoms with van der Waals surface area (Å²) in [6, 6.07) is 9.17. The molecule has 0 amide bonds. The number of nitrogens with zero attached hydrogens (tertiary/aromatic N) is 1. The normalized spacial score (nSPS) is 23.8. The van der Waals surface area contributed by atoms with E-state index in [0.29, 0.717) is 6.04 Å². The monoisotopic (exact) mass is 290 g/mol. The highest BCUT2D eigenvalue weighted by Gasteiger charge is 2.28. The van der Waals surface area contributed by atoms with Crippen molar-refractivity contribution in [3.8, 4) is 5.75 Å². The van der Waals surface area contributed by atoms with E-state index in [1.807, 2.05) is 0 Å². The van der Waals surface area contributed by atoms with Crippen LogP contribution in [0.4, 0.5) is 0 Å². The molecule has 1 aromatic rings. The fourth-order valence-corrected chi connectivity index (χ4v) is 3.24. The van der Waals surface area contributed by atoms with Crippen LogP contribution in [0.15, 0.2) is 24.3 Å². The minimum absolute atomic E-state index is 0.237. The Bertz CT molecular complexity index is 404. The molecule has 3 heteroatoms. The molecule has 1 aromatic carbocycles. The molecule has 0 bridgehead atoms. The van der Waals surface area contributed by atoms with Gasteiger partial charge < -0.3 is 10.5 Å². The molecular weight excluding hydrogens is 260 g/mol. The van der Waals surface area contributed by atoms with Crippen LogP contribution in [0.5, 0.6) is 5.75 Å². The fraction of sp³-hybridized carbons (Fsp3) is 0.667. The Morgan fingerprint density at radius 1 is 1.14 bits per heavy atom. The summed E-state index contributed by atoms with van der Waals surface area (Å²) in [6.07, 6.45) is 5.86. The Hall–Kier alpha value is -1.06. The van der Waals surface area contributed by atoms with Crippen molar-refractivity contribution in [3.63, 3.8) is 0 Å². The maximum absolute atomic E-state index is 6.48. The molecule has 2 atom stereocenters. The number of likely N-dealkylation sites (tertiary alicyclic amines) is 1. The summed E-state index contributed by atoms with van der Waals surface area (Å²) in [5.74, 6) is 0.963. The summed E-state index contributed by atoms with van der Waals surface area (Å²) in [6.45, 7) is 7.45.